The van der Waals surface area contributed by atoms with E-state index in [0.717, 1.165) is 24.3 Å². The van der Waals surface area contributed by atoms with Crippen molar-refractivity contribution < 1.29 is 14.3 Å². The lowest BCUT2D eigenvalue weighted by Crippen LogP contribution is -2.54. The molecule has 2 fully saturated rings. The predicted octanol–water partition coefficient (Wildman–Crippen LogP) is 2.08. The third-order valence-corrected chi connectivity index (χ3v) is 5.49. The van der Waals surface area contributed by atoms with Crippen LogP contribution in [0.2, 0.25) is 0 Å². The van der Waals surface area contributed by atoms with Crippen molar-refractivity contribution in [1.82, 2.24) is 4.90 Å². The number of ether oxygens (including phenoxy) is 1. The molecule has 1 saturated heterocycles. The van der Waals surface area contributed by atoms with Gasteiger partial charge in [-0.2, -0.15) is 0 Å². The van der Waals surface area contributed by atoms with E-state index in [-0.39, 0.29) is 24.3 Å². The Balaban J connectivity index is 1.43. The Labute approximate surface area is 141 Å². The van der Waals surface area contributed by atoms with Crippen molar-refractivity contribution in [3.63, 3.8) is 0 Å². The zero-order valence-corrected chi connectivity index (χ0v) is 13.9. The van der Waals surface area contributed by atoms with Crippen LogP contribution in [0.3, 0.4) is 0 Å². The van der Waals surface area contributed by atoms with Crippen molar-refractivity contribution in [3.8, 4) is 5.75 Å². The van der Waals surface area contributed by atoms with Gasteiger partial charge in [0, 0.05) is 30.8 Å². The molecule has 1 heterocycles. The monoisotopic (exact) mass is 326 g/mol. The van der Waals surface area contributed by atoms with Crippen molar-refractivity contribution in [2.75, 3.05) is 31.6 Å². The van der Waals surface area contributed by atoms with Crippen LogP contribution < -0.4 is 9.64 Å². The van der Waals surface area contributed by atoms with Crippen LogP contribution in [0.15, 0.2) is 36.4 Å². The zero-order valence-electron chi connectivity index (χ0n) is 13.9. The standard InChI is InChI=1S/C19H22N2O3/c1-24-16-4-2-3-15(11-16)21-8-7-20(12-18(21)22)19(23)17-10-13-5-6-14(17)9-13/h2-6,11,13-14,17H,7-10,12H2,1H3/t13-,14+,17+/m1/s1. The van der Waals surface area contributed by atoms with Crippen molar-refractivity contribution in [2.45, 2.75) is 12.8 Å². The second-order valence-corrected chi connectivity index (χ2v) is 6.89. The Morgan fingerprint density at radius 3 is 2.75 bits per heavy atom. The number of hydrogen-bond donors (Lipinski definition) is 0. The molecular formula is C19H22N2O3. The van der Waals surface area contributed by atoms with E-state index in [9.17, 15) is 9.59 Å². The summed E-state index contributed by atoms with van der Waals surface area (Å²) in [7, 11) is 1.61. The Morgan fingerprint density at radius 1 is 1.21 bits per heavy atom. The number of allylic oxidation sites excluding steroid dienone is 2. The number of fused-ring (bicyclic) bond motifs is 2. The maximum Gasteiger partial charge on any atom is 0.246 e. The van der Waals surface area contributed by atoms with Crippen LogP contribution in [0.1, 0.15) is 12.8 Å². The van der Waals surface area contributed by atoms with Gasteiger partial charge in [-0.05, 0) is 36.8 Å². The fourth-order valence-corrected chi connectivity index (χ4v) is 4.21. The highest BCUT2D eigenvalue weighted by atomic mass is 16.5. The molecule has 0 unspecified atom stereocenters. The minimum Gasteiger partial charge on any atom is -0.497 e. The number of carbonyl (C=O) groups is 2. The molecule has 1 aliphatic heterocycles. The van der Waals surface area contributed by atoms with Gasteiger partial charge in [-0.3, -0.25) is 9.59 Å². The van der Waals surface area contributed by atoms with Gasteiger partial charge in [0.2, 0.25) is 11.8 Å². The highest BCUT2D eigenvalue weighted by Crippen LogP contribution is 2.44. The van der Waals surface area contributed by atoms with Gasteiger partial charge in [0.25, 0.3) is 0 Å². The number of rotatable bonds is 3. The summed E-state index contributed by atoms with van der Waals surface area (Å²) in [5.74, 6) is 1.89. The number of piperazine rings is 1. The summed E-state index contributed by atoms with van der Waals surface area (Å²) in [6.07, 6.45) is 6.48. The van der Waals surface area contributed by atoms with Crippen molar-refractivity contribution in [2.24, 2.45) is 17.8 Å². The highest BCUT2D eigenvalue weighted by molar-refractivity contribution is 5.98. The van der Waals surface area contributed by atoms with E-state index in [2.05, 4.69) is 12.2 Å². The summed E-state index contributed by atoms with van der Waals surface area (Å²) in [4.78, 5) is 28.8. The maximum absolute atomic E-state index is 12.8. The van der Waals surface area contributed by atoms with Gasteiger partial charge in [0.1, 0.15) is 12.3 Å². The lowest BCUT2D eigenvalue weighted by molar-refractivity contribution is -0.140. The number of carbonyl (C=O) groups excluding carboxylic acids is 2. The summed E-state index contributed by atoms with van der Waals surface area (Å²) < 4.78 is 5.23. The van der Waals surface area contributed by atoms with E-state index in [1.807, 2.05) is 24.3 Å². The topological polar surface area (TPSA) is 49.9 Å². The molecule has 4 rings (SSSR count). The second kappa shape index (κ2) is 5.96. The third kappa shape index (κ3) is 2.58. The molecule has 5 nitrogen and oxygen atoms in total. The van der Waals surface area contributed by atoms with Crippen LogP contribution in [-0.2, 0) is 9.59 Å². The van der Waals surface area contributed by atoms with Crippen molar-refractivity contribution in [3.05, 3.63) is 36.4 Å². The first-order valence-corrected chi connectivity index (χ1v) is 8.57. The van der Waals surface area contributed by atoms with Crippen molar-refractivity contribution >= 4 is 17.5 Å². The Bertz CT molecular complexity index is 700. The van der Waals surface area contributed by atoms with E-state index in [4.69, 9.17) is 4.74 Å². The number of nitrogens with zero attached hydrogens (tertiary/aromatic N) is 2. The fourth-order valence-electron chi connectivity index (χ4n) is 4.21. The van der Waals surface area contributed by atoms with Gasteiger partial charge in [-0.25, -0.2) is 0 Å². The molecule has 0 N–H and O–H groups in total. The lowest BCUT2D eigenvalue weighted by Gasteiger charge is -2.36. The Kier molecular flexibility index (Phi) is 3.79. The average Bonchev–Trinajstić information content (AvgIpc) is 3.24. The zero-order chi connectivity index (χ0) is 16.7. The Hall–Kier alpha value is -2.30. The molecule has 1 aromatic rings. The van der Waals surface area contributed by atoms with Crippen LogP contribution in [0, 0.1) is 17.8 Å². The molecule has 24 heavy (non-hydrogen) atoms. The van der Waals surface area contributed by atoms with E-state index in [1.54, 1.807) is 16.9 Å². The number of amides is 2. The summed E-state index contributed by atoms with van der Waals surface area (Å²) in [5.41, 5.74) is 0.828. The molecule has 1 saturated carbocycles. The first kappa shape index (κ1) is 15.2. The SMILES string of the molecule is COc1cccc(N2CCN(C(=O)[C@H]3C[C@@H]4C=C[C@H]3C4)CC2=O)c1. The largest absolute Gasteiger partial charge is 0.497 e. The number of methoxy groups -OCH3 is 1. The minimum atomic E-state index is -0.0263. The molecule has 126 valence electrons. The van der Waals surface area contributed by atoms with E-state index in [1.165, 1.54) is 0 Å². The summed E-state index contributed by atoms with van der Waals surface area (Å²) in [5, 5.41) is 0. The minimum absolute atomic E-state index is 0.0263. The molecule has 0 aromatic heterocycles. The predicted molar refractivity (Wildman–Crippen MR) is 90.8 cm³/mol. The first-order chi connectivity index (χ1) is 11.7. The molecule has 0 radical (unpaired) electrons. The quantitative estimate of drug-likeness (QED) is 0.799. The number of anilines is 1. The van der Waals surface area contributed by atoms with E-state index in [0.29, 0.717) is 24.9 Å². The van der Waals surface area contributed by atoms with Crippen molar-refractivity contribution in [1.29, 1.82) is 0 Å². The molecule has 3 atom stereocenters. The average molecular weight is 326 g/mol. The van der Waals surface area contributed by atoms with Gasteiger partial charge in [0.15, 0.2) is 0 Å². The maximum atomic E-state index is 12.8. The van der Waals surface area contributed by atoms with Gasteiger partial charge in [0.05, 0.1) is 7.11 Å². The molecule has 3 aliphatic rings. The molecule has 5 heteroatoms. The van der Waals surface area contributed by atoms with Gasteiger partial charge in [-0.1, -0.05) is 18.2 Å². The molecule has 1 aromatic carbocycles. The second-order valence-electron chi connectivity index (χ2n) is 6.89. The molecular weight excluding hydrogens is 304 g/mol. The van der Waals surface area contributed by atoms with Crippen LogP contribution in [0.5, 0.6) is 5.75 Å². The summed E-state index contributed by atoms with van der Waals surface area (Å²) >= 11 is 0. The van der Waals surface area contributed by atoms with Gasteiger partial charge < -0.3 is 14.5 Å². The summed E-state index contributed by atoms with van der Waals surface area (Å²) in [6.45, 7) is 1.31. The fraction of sp³-hybridized carbons (Fsp3) is 0.474. The number of hydrogen-bond acceptors (Lipinski definition) is 3. The Morgan fingerprint density at radius 2 is 2.08 bits per heavy atom. The molecule has 2 bridgehead atoms. The number of benzene rings is 1. The van der Waals surface area contributed by atoms with E-state index < -0.39 is 0 Å². The smallest absolute Gasteiger partial charge is 0.246 e. The third-order valence-electron chi connectivity index (χ3n) is 5.49. The summed E-state index contributed by atoms with van der Waals surface area (Å²) in [6, 6.07) is 7.49. The van der Waals surface area contributed by atoms with Crippen LogP contribution in [0.25, 0.3) is 0 Å². The molecule has 2 aliphatic carbocycles. The normalized spacial score (nSPS) is 28.5. The lowest BCUT2D eigenvalue weighted by atomic mass is 9.92. The first-order valence-electron chi connectivity index (χ1n) is 8.57. The van der Waals surface area contributed by atoms with E-state index >= 15 is 0 Å². The van der Waals surface area contributed by atoms with Crippen LogP contribution in [0.4, 0.5) is 5.69 Å². The molecule has 2 amide bonds. The highest BCUT2D eigenvalue weighted by Gasteiger charge is 2.42. The van der Waals surface area contributed by atoms with Crippen LogP contribution >= 0.6 is 0 Å². The van der Waals surface area contributed by atoms with Gasteiger partial charge in [-0.15, -0.1) is 0 Å². The van der Waals surface area contributed by atoms with Gasteiger partial charge >= 0.3 is 0 Å². The van der Waals surface area contributed by atoms with Crippen LogP contribution in [-0.4, -0.2) is 43.5 Å². The molecule has 0 spiro atoms.